The predicted octanol–water partition coefficient (Wildman–Crippen LogP) is 6.77. The molecule has 0 aromatic heterocycles. The molecule has 34 heavy (non-hydrogen) atoms. The standard InChI is InChI=1S/C26H33BrCl2N2O3/c1-6-7-13-30-25(33)17(2)31(15-19-21(28)9-8-10-22(19)29)24(32)16-34-23-12-11-18(14-20(23)27)26(3,4)5/h8-12,14,17H,6-7,13,15-16H2,1-5H3,(H,30,33). The fraction of sp³-hybridized carbons (Fsp3) is 0.462. The zero-order valence-corrected chi connectivity index (χ0v) is 23.5. The SMILES string of the molecule is CCCCNC(=O)C(C)N(Cc1c(Cl)cccc1Cl)C(=O)COc1ccc(C(C)(C)C)cc1Br. The fourth-order valence-electron chi connectivity index (χ4n) is 3.28. The van der Waals surface area contributed by atoms with Crippen LogP contribution in [0.15, 0.2) is 40.9 Å². The van der Waals surface area contributed by atoms with Crippen molar-refractivity contribution in [2.75, 3.05) is 13.2 Å². The monoisotopic (exact) mass is 570 g/mol. The van der Waals surface area contributed by atoms with Crippen molar-refractivity contribution in [3.63, 3.8) is 0 Å². The second-order valence-electron chi connectivity index (χ2n) is 9.23. The highest BCUT2D eigenvalue weighted by molar-refractivity contribution is 9.10. The van der Waals surface area contributed by atoms with E-state index in [1.54, 1.807) is 25.1 Å². The van der Waals surface area contributed by atoms with Crippen molar-refractivity contribution >= 4 is 50.9 Å². The van der Waals surface area contributed by atoms with E-state index in [-0.39, 0.29) is 30.4 Å². The minimum atomic E-state index is -0.730. The lowest BCUT2D eigenvalue weighted by atomic mass is 9.87. The van der Waals surface area contributed by atoms with Crippen LogP contribution in [0.1, 0.15) is 58.6 Å². The smallest absolute Gasteiger partial charge is 0.261 e. The normalized spacial score (nSPS) is 12.2. The van der Waals surface area contributed by atoms with Crippen LogP contribution in [-0.4, -0.2) is 35.9 Å². The number of hydrogen-bond donors (Lipinski definition) is 1. The largest absolute Gasteiger partial charge is 0.483 e. The lowest BCUT2D eigenvalue weighted by Crippen LogP contribution is -2.49. The van der Waals surface area contributed by atoms with Crippen LogP contribution in [0, 0.1) is 0 Å². The van der Waals surface area contributed by atoms with E-state index in [0.717, 1.165) is 22.9 Å². The Morgan fingerprint density at radius 3 is 2.35 bits per heavy atom. The first-order chi connectivity index (χ1) is 16.0. The molecule has 1 N–H and O–H groups in total. The summed E-state index contributed by atoms with van der Waals surface area (Å²) in [5.41, 5.74) is 1.72. The first kappa shape index (κ1) is 28.5. The summed E-state index contributed by atoms with van der Waals surface area (Å²) in [6.07, 6.45) is 1.83. The number of hydrogen-bond acceptors (Lipinski definition) is 3. The van der Waals surface area contributed by atoms with Gasteiger partial charge in [0.25, 0.3) is 5.91 Å². The van der Waals surface area contributed by atoms with Crippen LogP contribution in [-0.2, 0) is 21.5 Å². The van der Waals surface area contributed by atoms with Gasteiger partial charge in [-0.15, -0.1) is 0 Å². The summed E-state index contributed by atoms with van der Waals surface area (Å²) in [5.74, 6) is -0.0289. The van der Waals surface area contributed by atoms with E-state index in [2.05, 4.69) is 42.0 Å². The summed E-state index contributed by atoms with van der Waals surface area (Å²) in [6.45, 7) is 10.5. The lowest BCUT2D eigenvalue weighted by Gasteiger charge is -2.29. The van der Waals surface area contributed by atoms with Crippen LogP contribution in [0.5, 0.6) is 5.75 Å². The molecule has 0 spiro atoms. The first-order valence-corrected chi connectivity index (χ1v) is 12.9. The molecule has 0 bridgehead atoms. The third kappa shape index (κ3) is 7.89. The van der Waals surface area contributed by atoms with Gasteiger partial charge in [0.05, 0.1) is 4.47 Å². The highest BCUT2D eigenvalue weighted by Crippen LogP contribution is 2.32. The van der Waals surface area contributed by atoms with Gasteiger partial charge in [0, 0.05) is 28.7 Å². The lowest BCUT2D eigenvalue weighted by molar-refractivity contribution is -0.142. The van der Waals surface area contributed by atoms with E-state index in [9.17, 15) is 9.59 Å². The average Bonchev–Trinajstić information content (AvgIpc) is 2.77. The molecule has 0 radical (unpaired) electrons. The van der Waals surface area contributed by atoms with Crippen molar-refractivity contribution in [3.05, 3.63) is 62.0 Å². The zero-order valence-electron chi connectivity index (χ0n) is 20.4. The Morgan fingerprint density at radius 2 is 1.79 bits per heavy atom. The van der Waals surface area contributed by atoms with E-state index in [1.807, 2.05) is 25.1 Å². The maximum atomic E-state index is 13.3. The number of benzene rings is 2. The maximum absolute atomic E-state index is 13.3. The van der Waals surface area contributed by atoms with Crippen molar-refractivity contribution in [2.24, 2.45) is 0 Å². The molecule has 5 nitrogen and oxygen atoms in total. The molecule has 1 unspecified atom stereocenters. The van der Waals surface area contributed by atoms with E-state index in [1.165, 1.54) is 4.90 Å². The molecule has 186 valence electrons. The van der Waals surface area contributed by atoms with Crippen molar-refractivity contribution in [2.45, 2.75) is 65.5 Å². The predicted molar refractivity (Wildman–Crippen MR) is 143 cm³/mol. The van der Waals surface area contributed by atoms with Crippen molar-refractivity contribution in [1.29, 1.82) is 0 Å². The number of ether oxygens (including phenoxy) is 1. The summed E-state index contributed by atoms with van der Waals surface area (Å²) in [4.78, 5) is 27.5. The number of unbranched alkanes of at least 4 members (excludes halogenated alkanes) is 1. The molecule has 1 atom stereocenters. The molecule has 2 aromatic rings. The number of carbonyl (C=O) groups is 2. The molecule has 2 amide bonds. The molecule has 0 fully saturated rings. The molecule has 0 saturated heterocycles. The van der Waals surface area contributed by atoms with Gasteiger partial charge in [-0.25, -0.2) is 0 Å². The maximum Gasteiger partial charge on any atom is 0.261 e. The van der Waals surface area contributed by atoms with Gasteiger partial charge in [0.1, 0.15) is 11.8 Å². The minimum Gasteiger partial charge on any atom is -0.483 e. The van der Waals surface area contributed by atoms with E-state index < -0.39 is 6.04 Å². The zero-order chi connectivity index (χ0) is 25.5. The van der Waals surface area contributed by atoms with Gasteiger partial charge < -0.3 is 15.0 Å². The van der Waals surface area contributed by atoms with Gasteiger partial charge in [-0.2, -0.15) is 0 Å². The number of nitrogens with zero attached hydrogens (tertiary/aromatic N) is 1. The highest BCUT2D eigenvalue weighted by Gasteiger charge is 2.28. The average molecular weight is 572 g/mol. The van der Waals surface area contributed by atoms with Crippen LogP contribution >= 0.6 is 39.1 Å². The summed E-state index contributed by atoms with van der Waals surface area (Å²) in [5, 5.41) is 3.76. The number of amides is 2. The topological polar surface area (TPSA) is 58.6 Å². The van der Waals surface area contributed by atoms with Crippen molar-refractivity contribution < 1.29 is 14.3 Å². The molecule has 0 aliphatic heterocycles. The molecule has 0 heterocycles. The number of rotatable bonds is 10. The van der Waals surface area contributed by atoms with Crippen LogP contribution < -0.4 is 10.1 Å². The van der Waals surface area contributed by atoms with Crippen LogP contribution in [0.25, 0.3) is 0 Å². The van der Waals surface area contributed by atoms with Crippen molar-refractivity contribution in [3.8, 4) is 5.75 Å². The minimum absolute atomic E-state index is 0.0115. The number of nitrogens with one attached hydrogen (secondary N) is 1. The Balaban J connectivity index is 2.22. The quantitative estimate of drug-likeness (QED) is 0.320. The van der Waals surface area contributed by atoms with Gasteiger partial charge in [0.15, 0.2) is 6.61 Å². The van der Waals surface area contributed by atoms with Gasteiger partial charge >= 0.3 is 0 Å². The Morgan fingerprint density at radius 1 is 1.15 bits per heavy atom. The van der Waals surface area contributed by atoms with Crippen molar-refractivity contribution in [1.82, 2.24) is 10.2 Å². The summed E-state index contributed by atoms with van der Waals surface area (Å²) >= 11 is 16.2. The van der Waals surface area contributed by atoms with Gasteiger partial charge in [0.2, 0.25) is 5.91 Å². The van der Waals surface area contributed by atoms with E-state index in [0.29, 0.717) is 27.9 Å². The number of halogens is 3. The van der Waals surface area contributed by atoms with Gasteiger partial charge in [-0.05, 0) is 64.5 Å². The van der Waals surface area contributed by atoms with Crippen LogP contribution in [0.3, 0.4) is 0 Å². The Labute approximate surface area is 221 Å². The third-order valence-electron chi connectivity index (χ3n) is 5.54. The third-order valence-corrected chi connectivity index (χ3v) is 6.86. The summed E-state index contributed by atoms with van der Waals surface area (Å²) in [6, 6.07) is 10.2. The van der Waals surface area contributed by atoms with Gasteiger partial charge in [-0.1, -0.05) is 69.5 Å². The molecule has 8 heteroatoms. The summed E-state index contributed by atoms with van der Waals surface area (Å²) in [7, 11) is 0. The fourth-order valence-corrected chi connectivity index (χ4v) is 4.29. The van der Waals surface area contributed by atoms with Crippen LogP contribution in [0.4, 0.5) is 0 Å². The molecule has 0 saturated carbocycles. The second-order valence-corrected chi connectivity index (χ2v) is 10.9. The molecular weight excluding hydrogens is 539 g/mol. The van der Waals surface area contributed by atoms with Gasteiger partial charge in [-0.3, -0.25) is 9.59 Å². The molecule has 2 aromatic carbocycles. The Bertz CT molecular complexity index is 988. The molecular formula is C26H33BrCl2N2O3. The highest BCUT2D eigenvalue weighted by atomic mass is 79.9. The van der Waals surface area contributed by atoms with Crippen LogP contribution in [0.2, 0.25) is 10.0 Å². The van der Waals surface area contributed by atoms with E-state index in [4.69, 9.17) is 27.9 Å². The second kappa shape index (κ2) is 12.8. The van der Waals surface area contributed by atoms with E-state index >= 15 is 0 Å². The Hall–Kier alpha value is -1.76. The molecule has 2 rings (SSSR count). The first-order valence-electron chi connectivity index (χ1n) is 11.4. The molecule has 0 aliphatic rings. The number of carbonyl (C=O) groups excluding carboxylic acids is 2. The summed E-state index contributed by atoms with van der Waals surface area (Å²) < 4.78 is 6.60. The Kier molecular flexibility index (Phi) is 10.7. The molecule has 0 aliphatic carbocycles.